The Kier molecular flexibility index (Phi) is 4.38. The van der Waals surface area contributed by atoms with Crippen molar-refractivity contribution < 1.29 is 18.7 Å². The second kappa shape index (κ2) is 6.17. The summed E-state index contributed by atoms with van der Waals surface area (Å²) in [5, 5.41) is 0. The minimum atomic E-state index is -1.22. The number of ketones is 1. The van der Waals surface area contributed by atoms with E-state index < -0.39 is 16.5 Å². The molecule has 0 bridgehead atoms. The van der Waals surface area contributed by atoms with Crippen molar-refractivity contribution >= 4 is 23.4 Å². The molecule has 0 unspecified atom stereocenters. The van der Waals surface area contributed by atoms with Crippen LogP contribution >= 0.6 is 11.6 Å². The van der Waals surface area contributed by atoms with Gasteiger partial charge in [-0.15, -0.1) is 11.6 Å². The normalized spacial score (nSPS) is 48.3. The zero-order chi connectivity index (χ0) is 19.6. The van der Waals surface area contributed by atoms with Crippen LogP contribution in [0.1, 0.15) is 59.3 Å². The average molecular weight is 395 g/mol. The summed E-state index contributed by atoms with van der Waals surface area (Å²) in [4.78, 5) is 22.7. The van der Waals surface area contributed by atoms with Crippen LogP contribution in [0.15, 0.2) is 23.8 Å². The molecular weight excluding hydrogens is 367 g/mol. The number of fused-ring (bicyclic) bond motifs is 5. The minimum absolute atomic E-state index is 0.00162. The number of hydrogen-bond donors (Lipinski definition) is 0. The molecule has 3 fully saturated rings. The Balaban J connectivity index is 1.72. The summed E-state index contributed by atoms with van der Waals surface area (Å²) in [5.74, 6) is -0.0292. The Hall–Kier alpha value is -1.16. The molecule has 0 heterocycles. The molecule has 27 heavy (non-hydrogen) atoms. The van der Waals surface area contributed by atoms with Gasteiger partial charge in [0.05, 0.1) is 4.87 Å². The van der Waals surface area contributed by atoms with Crippen LogP contribution in [-0.2, 0) is 14.3 Å². The summed E-state index contributed by atoms with van der Waals surface area (Å²) < 4.78 is 21.6. The van der Waals surface area contributed by atoms with Gasteiger partial charge in [0.2, 0.25) is 0 Å². The van der Waals surface area contributed by atoms with E-state index in [0.717, 1.165) is 31.3 Å². The molecule has 0 spiro atoms. The maximum atomic E-state index is 15.9. The summed E-state index contributed by atoms with van der Waals surface area (Å²) in [5.41, 5.74) is -0.0666. The van der Waals surface area contributed by atoms with Crippen LogP contribution in [0, 0.1) is 22.7 Å². The zero-order valence-corrected chi connectivity index (χ0v) is 17.0. The average Bonchev–Trinajstić information content (AvgIpc) is 2.93. The number of carbonyl (C=O) groups excluding carboxylic acids is 2. The number of alkyl halides is 2. The number of ether oxygens (including phenoxy) is 1. The second-order valence-corrected chi connectivity index (χ2v) is 9.84. The molecule has 0 radical (unpaired) electrons. The predicted molar refractivity (Wildman–Crippen MR) is 102 cm³/mol. The van der Waals surface area contributed by atoms with Crippen molar-refractivity contribution in [3.63, 3.8) is 0 Å². The third kappa shape index (κ3) is 2.44. The molecule has 3 saturated carbocycles. The maximum Gasteiger partial charge on any atom is 0.305 e. The van der Waals surface area contributed by atoms with Crippen molar-refractivity contribution in [1.29, 1.82) is 0 Å². The largest absolute Gasteiger partial charge is 0.462 e. The fourth-order valence-corrected chi connectivity index (χ4v) is 7.05. The highest BCUT2D eigenvalue weighted by Crippen LogP contribution is 2.69. The number of carbonyl (C=O) groups is 2. The van der Waals surface area contributed by atoms with Gasteiger partial charge in [0, 0.05) is 17.3 Å². The minimum Gasteiger partial charge on any atom is -0.462 e. The molecule has 0 saturated heterocycles. The van der Waals surface area contributed by atoms with Crippen LogP contribution in [0.2, 0.25) is 0 Å². The third-order valence-electron chi connectivity index (χ3n) is 8.07. The predicted octanol–water partition coefficient (Wildman–Crippen LogP) is 4.93. The van der Waals surface area contributed by atoms with E-state index in [2.05, 4.69) is 6.92 Å². The summed E-state index contributed by atoms with van der Waals surface area (Å²) in [7, 11) is 0. The second-order valence-electron chi connectivity index (χ2n) is 9.21. The lowest BCUT2D eigenvalue weighted by Gasteiger charge is -2.62. The number of allylic oxidation sites excluding steroid dienone is 4. The lowest BCUT2D eigenvalue weighted by atomic mass is 9.47. The summed E-state index contributed by atoms with van der Waals surface area (Å²) >= 11 is 7.21. The molecule has 0 amide bonds. The standard InChI is InChI=1S/C22H28ClFO3/c1-4-19(26)27-18-8-7-15-16-6-5-13-11-14(25)9-10-21(13,3)22(16,23)17(24)12-20(15,18)2/h9-11,15-18H,4-8,12H2,1-3H3/t15-,16-,17+,18-,20-,21-,22-/m0/s1. The first-order chi connectivity index (χ1) is 12.7. The van der Waals surface area contributed by atoms with Crippen molar-refractivity contribution in [3.05, 3.63) is 23.8 Å². The van der Waals surface area contributed by atoms with Gasteiger partial charge in [0.1, 0.15) is 12.3 Å². The van der Waals surface area contributed by atoms with E-state index >= 15 is 4.39 Å². The lowest BCUT2D eigenvalue weighted by molar-refractivity contribution is -0.161. The molecule has 5 heteroatoms. The maximum absolute atomic E-state index is 15.9. The van der Waals surface area contributed by atoms with Gasteiger partial charge in [-0.25, -0.2) is 4.39 Å². The van der Waals surface area contributed by atoms with E-state index in [9.17, 15) is 9.59 Å². The van der Waals surface area contributed by atoms with E-state index in [-0.39, 0.29) is 35.1 Å². The Labute approximate surface area is 165 Å². The van der Waals surface area contributed by atoms with Gasteiger partial charge in [0.15, 0.2) is 5.78 Å². The van der Waals surface area contributed by atoms with Crippen LogP contribution in [0.25, 0.3) is 0 Å². The molecule has 0 aromatic rings. The van der Waals surface area contributed by atoms with Gasteiger partial charge in [0.25, 0.3) is 0 Å². The molecule has 7 atom stereocenters. The van der Waals surface area contributed by atoms with Crippen molar-refractivity contribution in [1.82, 2.24) is 0 Å². The molecule has 148 valence electrons. The molecule has 4 rings (SSSR count). The monoisotopic (exact) mass is 394 g/mol. The summed E-state index contributed by atoms with van der Waals surface area (Å²) in [6.07, 6.45) is 7.43. The zero-order valence-electron chi connectivity index (χ0n) is 16.3. The Morgan fingerprint density at radius 3 is 2.74 bits per heavy atom. The van der Waals surface area contributed by atoms with E-state index in [1.165, 1.54) is 6.08 Å². The molecule has 4 aliphatic carbocycles. The molecular formula is C22H28ClFO3. The van der Waals surface area contributed by atoms with Crippen molar-refractivity contribution in [2.75, 3.05) is 0 Å². The topological polar surface area (TPSA) is 43.4 Å². The van der Waals surface area contributed by atoms with Gasteiger partial charge in [-0.3, -0.25) is 9.59 Å². The van der Waals surface area contributed by atoms with Gasteiger partial charge < -0.3 is 4.74 Å². The molecule has 0 N–H and O–H groups in total. The summed E-state index contributed by atoms with van der Waals surface area (Å²) in [6.45, 7) is 5.85. The van der Waals surface area contributed by atoms with Crippen LogP contribution < -0.4 is 0 Å². The molecule has 0 aliphatic heterocycles. The first-order valence-corrected chi connectivity index (χ1v) is 10.5. The first-order valence-electron chi connectivity index (χ1n) is 10.1. The lowest BCUT2D eigenvalue weighted by Crippen LogP contribution is -2.65. The highest BCUT2D eigenvalue weighted by Gasteiger charge is 2.70. The highest BCUT2D eigenvalue weighted by molar-refractivity contribution is 6.26. The number of rotatable bonds is 2. The summed E-state index contributed by atoms with van der Waals surface area (Å²) in [6, 6.07) is 0. The van der Waals surface area contributed by atoms with Crippen LogP contribution in [0.5, 0.6) is 0 Å². The van der Waals surface area contributed by atoms with E-state index in [1.54, 1.807) is 13.0 Å². The Bertz CT molecular complexity index is 746. The quantitative estimate of drug-likeness (QED) is 0.493. The fraction of sp³-hybridized carbons (Fsp3) is 0.727. The number of halogens is 2. The SMILES string of the molecule is CCC(=O)O[C@H]1CC[C@H]2[C@@H]3CCC4=CC(=O)C=C[C@]4(C)[C@@]3(Cl)[C@H](F)C[C@]12C. The van der Waals surface area contributed by atoms with E-state index in [4.69, 9.17) is 16.3 Å². The molecule has 4 aliphatic rings. The third-order valence-corrected chi connectivity index (χ3v) is 8.98. The van der Waals surface area contributed by atoms with Gasteiger partial charge in [-0.1, -0.05) is 32.4 Å². The van der Waals surface area contributed by atoms with E-state index in [0.29, 0.717) is 12.8 Å². The van der Waals surface area contributed by atoms with Crippen LogP contribution in [-0.4, -0.2) is 28.9 Å². The van der Waals surface area contributed by atoms with Gasteiger partial charge in [-0.05, 0) is 56.1 Å². The smallest absolute Gasteiger partial charge is 0.305 e. The highest BCUT2D eigenvalue weighted by atomic mass is 35.5. The molecule has 0 aromatic heterocycles. The molecule has 0 aromatic carbocycles. The molecule has 3 nitrogen and oxygen atoms in total. The van der Waals surface area contributed by atoms with Crippen molar-refractivity contribution in [2.24, 2.45) is 22.7 Å². The van der Waals surface area contributed by atoms with Crippen LogP contribution in [0.4, 0.5) is 4.39 Å². The van der Waals surface area contributed by atoms with Crippen LogP contribution in [0.3, 0.4) is 0 Å². The van der Waals surface area contributed by atoms with E-state index in [1.807, 2.05) is 13.0 Å². The Morgan fingerprint density at radius 1 is 1.30 bits per heavy atom. The van der Waals surface area contributed by atoms with Gasteiger partial charge >= 0.3 is 5.97 Å². The Morgan fingerprint density at radius 2 is 2.04 bits per heavy atom. The number of esters is 1. The van der Waals surface area contributed by atoms with Crippen molar-refractivity contribution in [2.45, 2.75) is 76.4 Å². The number of hydrogen-bond acceptors (Lipinski definition) is 3. The first kappa shape index (κ1) is 19.2. The fourth-order valence-electron chi connectivity index (χ4n) is 6.53. The van der Waals surface area contributed by atoms with Crippen molar-refractivity contribution in [3.8, 4) is 0 Å². The van der Waals surface area contributed by atoms with Gasteiger partial charge in [-0.2, -0.15) is 0 Å².